The van der Waals surface area contributed by atoms with Crippen LogP contribution in [-0.2, 0) is 14.3 Å². The Hall–Kier alpha value is -1.70. The molecule has 156 valence electrons. The van der Waals surface area contributed by atoms with Gasteiger partial charge in [-0.05, 0) is 45.2 Å². The summed E-state index contributed by atoms with van der Waals surface area (Å²) in [6.07, 6.45) is -0.212. The van der Waals surface area contributed by atoms with E-state index in [-0.39, 0.29) is 30.7 Å². The first-order valence-electron chi connectivity index (χ1n) is 8.84. The molecule has 1 amide bonds. The molecule has 0 radical (unpaired) electrons. The van der Waals surface area contributed by atoms with Gasteiger partial charge < -0.3 is 24.2 Å². The fourth-order valence-electron chi connectivity index (χ4n) is 3.22. The Morgan fingerprint density at radius 1 is 1.29 bits per heavy atom. The predicted molar refractivity (Wildman–Crippen MR) is 105 cm³/mol. The van der Waals surface area contributed by atoms with Crippen LogP contribution in [0, 0.1) is 5.92 Å². The largest absolute Gasteiger partial charge is 0.481 e. The first-order chi connectivity index (χ1) is 13.0. The number of methoxy groups -OCH3 is 1. The molecule has 1 N–H and O–H groups in total. The fraction of sp³-hybridized carbons (Fsp3) is 0.579. The number of rotatable bonds is 6. The van der Waals surface area contributed by atoms with Crippen molar-refractivity contribution in [1.82, 2.24) is 4.90 Å². The normalized spacial score (nSPS) is 19.6. The lowest BCUT2D eigenvalue weighted by Crippen LogP contribution is -2.37. The fourth-order valence-corrected chi connectivity index (χ4v) is 3.67. The predicted octanol–water partition coefficient (Wildman–Crippen LogP) is 4.75. The molecular formula is C19H25Cl2NO6. The first-order valence-corrected chi connectivity index (χ1v) is 9.60. The number of carboxylic acids is 1. The van der Waals surface area contributed by atoms with Gasteiger partial charge in [0.15, 0.2) is 6.79 Å². The van der Waals surface area contributed by atoms with Gasteiger partial charge in [0.2, 0.25) is 0 Å². The van der Waals surface area contributed by atoms with Gasteiger partial charge in [0.25, 0.3) is 0 Å². The Morgan fingerprint density at radius 3 is 2.54 bits per heavy atom. The van der Waals surface area contributed by atoms with Gasteiger partial charge in [0.05, 0.1) is 16.1 Å². The average Bonchev–Trinajstić information content (AvgIpc) is 2.97. The van der Waals surface area contributed by atoms with Crippen LogP contribution in [0.3, 0.4) is 0 Å². The number of nitrogens with zero attached hydrogens (tertiary/aromatic N) is 1. The lowest BCUT2D eigenvalue weighted by molar-refractivity contribution is -0.138. The Bertz CT molecular complexity index is 734. The summed E-state index contributed by atoms with van der Waals surface area (Å²) in [5.74, 6) is -0.756. The van der Waals surface area contributed by atoms with E-state index < -0.39 is 23.7 Å². The summed E-state index contributed by atoms with van der Waals surface area (Å²) < 4.78 is 16.1. The van der Waals surface area contributed by atoms with E-state index in [9.17, 15) is 14.7 Å². The SMILES string of the molecule is COCOc1ccc(Cl)c(Cl)c1C1CC(CC(=O)O)CN1C(=O)OC(C)(C)C. The number of likely N-dealkylation sites (tertiary alicyclic amines) is 1. The maximum absolute atomic E-state index is 12.8. The van der Waals surface area contributed by atoms with E-state index in [0.717, 1.165) is 0 Å². The molecule has 28 heavy (non-hydrogen) atoms. The molecule has 1 aromatic rings. The highest BCUT2D eigenvalue weighted by atomic mass is 35.5. The van der Waals surface area contributed by atoms with Gasteiger partial charge in [-0.2, -0.15) is 0 Å². The number of carbonyl (C=O) groups excluding carboxylic acids is 1. The first kappa shape index (κ1) is 22.6. The van der Waals surface area contributed by atoms with E-state index >= 15 is 0 Å². The van der Waals surface area contributed by atoms with Crippen molar-refractivity contribution in [3.05, 3.63) is 27.7 Å². The van der Waals surface area contributed by atoms with Gasteiger partial charge in [-0.15, -0.1) is 0 Å². The Labute approximate surface area is 174 Å². The minimum Gasteiger partial charge on any atom is -0.481 e. The van der Waals surface area contributed by atoms with Crippen molar-refractivity contribution < 1.29 is 28.9 Å². The smallest absolute Gasteiger partial charge is 0.410 e. The third-order valence-electron chi connectivity index (χ3n) is 4.24. The monoisotopic (exact) mass is 433 g/mol. The molecule has 0 bridgehead atoms. The van der Waals surface area contributed by atoms with Crippen LogP contribution in [0.2, 0.25) is 10.0 Å². The Morgan fingerprint density at radius 2 is 1.96 bits per heavy atom. The van der Waals surface area contributed by atoms with Crippen LogP contribution < -0.4 is 4.74 Å². The van der Waals surface area contributed by atoms with Crippen molar-refractivity contribution in [2.75, 3.05) is 20.4 Å². The van der Waals surface area contributed by atoms with Gasteiger partial charge in [-0.25, -0.2) is 4.79 Å². The minimum absolute atomic E-state index is 0.0112. The summed E-state index contributed by atoms with van der Waals surface area (Å²) >= 11 is 12.7. The number of hydrogen-bond acceptors (Lipinski definition) is 5. The molecule has 1 aliphatic heterocycles. The van der Waals surface area contributed by atoms with Crippen LogP contribution in [-0.4, -0.2) is 48.1 Å². The number of ether oxygens (including phenoxy) is 3. The molecule has 0 spiro atoms. The quantitative estimate of drug-likeness (QED) is 0.651. The van der Waals surface area contributed by atoms with Gasteiger partial charge in [0.1, 0.15) is 11.4 Å². The highest BCUT2D eigenvalue weighted by molar-refractivity contribution is 6.42. The van der Waals surface area contributed by atoms with Gasteiger partial charge >= 0.3 is 12.1 Å². The lowest BCUT2D eigenvalue weighted by atomic mass is 9.97. The van der Waals surface area contributed by atoms with Crippen molar-refractivity contribution in [1.29, 1.82) is 0 Å². The van der Waals surface area contributed by atoms with Crippen LogP contribution in [0.1, 0.15) is 45.2 Å². The molecule has 0 aliphatic carbocycles. The summed E-state index contributed by atoms with van der Waals surface area (Å²) in [5.41, 5.74) is -0.176. The number of amides is 1. The number of hydrogen-bond donors (Lipinski definition) is 1. The molecular weight excluding hydrogens is 409 g/mol. The minimum atomic E-state index is -0.928. The molecule has 1 aliphatic rings. The lowest BCUT2D eigenvalue weighted by Gasteiger charge is -2.30. The third-order valence-corrected chi connectivity index (χ3v) is 5.06. The average molecular weight is 434 g/mol. The Kier molecular flexibility index (Phi) is 7.42. The topological polar surface area (TPSA) is 85.3 Å². The van der Waals surface area contributed by atoms with Crippen molar-refractivity contribution in [3.8, 4) is 5.75 Å². The zero-order chi connectivity index (χ0) is 21.1. The van der Waals surface area contributed by atoms with E-state index in [4.69, 9.17) is 37.4 Å². The number of aliphatic carboxylic acids is 1. The number of benzene rings is 1. The number of carboxylic acid groups (broad SMARTS) is 1. The van der Waals surface area contributed by atoms with Crippen LogP contribution in [0.15, 0.2) is 12.1 Å². The van der Waals surface area contributed by atoms with E-state index in [1.54, 1.807) is 32.9 Å². The van der Waals surface area contributed by atoms with E-state index in [2.05, 4.69) is 0 Å². The molecule has 9 heteroatoms. The van der Waals surface area contributed by atoms with Crippen LogP contribution in [0.4, 0.5) is 4.79 Å². The molecule has 2 unspecified atom stereocenters. The van der Waals surface area contributed by atoms with Crippen molar-refractivity contribution in [2.45, 2.75) is 45.3 Å². The highest BCUT2D eigenvalue weighted by Crippen LogP contribution is 2.46. The van der Waals surface area contributed by atoms with Crippen molar-refractivity contribution in [3.63, 3.8) is 0 Å². The summed E-state index contributed by atoms with van der Waals surface area (Å²) in [4.78, 5) is 25.5. The molecule has 1 saturated heterocycles. The maximum atomic E-state index is 12.8. The Balaban J connectivity index is 2.44. The standard InChI is InChI=1S/C19H25Cl2NO6/c1-19(2,3)28-18(25)22-9-11(8-15(23)24)7-13(22)16-14(27-10-26-4)6-5-12(20)17(16)21/h5-6,11,13H,7-10H2,1-4H3,(H,23,24). The highest BCUT2D eigenvalue weighted by Gasteiger charge is 2.41. The number of halogens is 2. The van der Waals surface area contributed by atoms with Crippen LogP contribution >= 0.6 is 23.2 Å². The summed E-state index contributed by atoms with van der Waals surface area (Å²) in [6, 6.07) is 2.72. The van der Waals surface area contributed by atoms with Crippen molar-refractivity contribution in [2.24, 2.45) is 5.92 Å². The molecule has 1 fully saturated rings. The molecule has 7 nitrogen and oxygen atoms in total. The molecule has 2 atom stereocenters. The van der Waals surface area contributed by atoms with Gasteiger partial charge in [-0.3, -0.25) is 4.79 Å². The van der Waals surface area contributed by atoms with Crippen LogP contribution in [0.25, 0.3) is 0 Å². The van der Waals surface area contributed by atoms with E-state index in [1.165, 1.54) is 12.0 Å². The van der Waals surface area contributed by atoms with Crippen molar-refractivity contribution >= 4 is 35.3 Å². The number of carbonyl (C=O) groups is 2. The van der Waals surface area contributed by atoms with E-state index in [0.29, 0.717) is 22.8 Å². The van der Waals surface area contributed by atoms with Crippen LogP contribution in [0.5, 0.6) is 5.75 Å². The molecule has 0 saturated carbocycles. The van der Waals surface area contributed by atoms with Gasteiger partial charge in [0, 0.05) is 25.6 Å². The van der Waals surface area contributed by atoms with Gasteiger partial charge in [-0.1, -0.05) is 23.2 Å². The van der Waals surface area contributed by atoms with E-state index in [1.807, 2.05) is 0 Å². The zero-order valence-corrected chi connectivity index (χ0v) is 17.8. The zero-order valence-electron chi connectivity index (χ0n) is 16.3. The second-order valence-corrected chi connectivity index (χ2v) is 8.46. The summed E-state index contributed by atoms with van der Waals surface area (Å²) in [7, 11) is 1.49. The third kappa shape index (κ3) is 5.65. The molecule has 1 aromatic carbocycles. The second-order valence-electron chi connectivity index (χ2n) is 7.67. The second kappa shape index (κ2) is 9.20. The summed E-state index contributed by atoms with van der Waals surface area (Å²) in [6.45, 7) is 5.53. The summed E-state index contributed by atoms with van der Waals surface area (Å²) in [5, 5.41) is 9.76. The molecule has 1 heterocycles. The maximum Gasteiger partial charge on any atom is 0.410 e. The molecule has 0 aromatic heterocycles. The molecule has 2 rings (SSSR count).